The second kappa shape index (κ2) is 44.8. The quantitative estimate of drug-likeness (QED) is 0.0423. The topological polar surface area (TPSA) is 372 Å². The molecule has 1 aliphatic rings. The van der Waals surface area contributed by atoms with Gasteiger partial charge in [0.25, 0.3) is 0 Å². The molecule has 1 aliphatic heterocycles. The van der Waals surface area contributed by atoms with Crippen molar-refractivity contribution in [1.29, 1.82) is 0 Å². The van der Waals surface area contributed by atoms with Crippen LogP contribution in [0, 0.1) is 29.6 Å². The standard InChI is InChI=1S/C69H115N11O17/c1-15-46(8)60(54(91-13)41-56(82)80-32-20-24-53(80)62(92-14)47(9)63(84)73-48(10)61(83)50-21-17-16-18-22-50)78(11)67(88)58(44(4)5)77-66(87)59(45(6)7)79(12)69(90)97-42-49-25-27-51(28-26-49)74-64(85)52(23-19-31-72-68(71)89)75-65(86)57(43(2)3)76-55(81)29-33-93-35-37-95-39-40-96-38-36-94-34-30-70/h16-18,21-22,25-28,43-48,52-54,57-62,83H,15,19-20,23-24,29-42,70H2,1-14H3,(H,73,84)(H,74,85)(H,75,86)(H,76,81)(H,77,87)(H3,71,72,89). The van der Waals surface area contributed by atoms with Gasteiger partial charge in [-0.2, -0.15) is 0 Å². The lowest BCUT2D eigenvalue weighted by molar-refractivity contribution is -0.148. The van der Waals surface area contributed by atoms with Gasteiger partial charge in [0.1, 0.15) is 30.8 Å². The summed E-state index contributed by atoms with van der Waals surface area (Å²) in [6.07, 6.45) is -1.08. The highest BCUT2D eigenvalue weighted by atomic mass is 16.6. The van der Waals surface area contributed by atoms with Gasteiger partial charge in [0, 0.05) is 60.1 Å². The number of likely N-dealkylation sites (N-methyl/N-ethyl adjacent to an activating group) is 2. The first-order valence-electron chi connectivity index (χ1n) is 34.0. The van der Waals surface area contributed by atoms with E-state index in [1.165, 1.54) is 26.2 Å². The Morgan fingerprint density at radius 3 is 1.82 bits per heavy atom. The number of amides is 10. The van der Waals surface area contributed by atoms with Gasteiger partial charge < -0.3 is 91.4 Å². The van der Waals surface area contributed by atoms with E-state index in [9.17, 15) is 48.3 Å². The Kier molecular flexibility index (Phi) is 38.9. The number of nitrogens with zero attached hydrogens (tertiary/aromatic N) is 3. The maximum Gasteiger partial charge on any atom is 0.410 e. The van der Waals surface area contributed by atoms with E-state index in [1.807, 2.05) is 32.0 Å². The first kappa shape index (κ1) is 84.2. The minimum absolute atomic E-state index is 0.0334. The number of methoxy groups -OCH3 is 2. The smallest absolute Gasteiger partial charge is 0.410 e. The van der Waals surface area contributed by atoms with Crippen molar-refractivity contribution in [1.82, 2.24) is 41.3 Å². The fraction of sp³-hybridized carbons (Fsp3) is 0.696. The van der Waals surface area contributed by atoms with Crippen LogP contribution in [0.4, 0.5) is 15.3 Å². The molecule has 12 unspecified atom stereocenters. The number of likely N-dealkylation sites (tertiary alicyclic amines) is 1. The first-order chi connectivity index (χ1) is 46.1. The predicted octanol–water partition coefficient (Wildman–Crippen LogP) is 4.01. The number of nitrogens with two attached hydrogens (primary N) is 2. The van der Waals surface area contributed by atoms with Crippen LogP contribution in [0.2, 0.25) is 0 Å². The summed E-state index contributed by atoms with van der Waals surface area (Å²) in [6, 6.07) is 8.80. The molecule has 0 radical (unpaired) electrons. The van der Waals surface area contributed by atoms with Crippen molar-refractivity contribution < 1.29 is 81.4 Å². The zero-order valence-corrected chi connectivity index (χ0v) is 59.8. The van der Waals surface area contributed by atoms with Crippen molar-refractivity contribution in [2.45, 2.75) is 181 Å². The number of carbonyl (C=O) groups excluding carboxylic acids is 9. The second-order valence-electron chi connectivity index (χ2n) is 25.8. The van der Waals surface area contributed by atoms with Gasteiger partial charge in [0.05, 0.1) is 102 Å². The van der Waals surface area contributed by atoms with Gasteiger partial charge in [-0.05, 0) is 79.5 Å². The highest BCUT2D eigenvalue weighted by Crippen LogP contribution is 2.30. The normalized spacial score (nSPS) is 16.5. The van der Waals surface area contributed by atoms with Gasteiger partial charge in [0.15, 0.2) is 0 Å². The van der Waals surface area contributed by atoms with Crippen molar-refractivity contribution in [3.63, 3.8) is 0 Å². The third-order valence-corrected chi connectivity index (χ3v) is 17.4. The Balaban J connectivity index is 1.64. The number of nitrogens with one attached hydrogen (secondary N) is 6. The zero-order chi connectivity index (χ0) is 72.3. The number of carbonyl (C=O) groups is 9. The van der Waals surface area contributed by atoms with Crippen LogP contribution >= 0.6 is 0 Å². The Morgan fingerprint density at radius 2 is 1.28 bits per heavy atom. The third kappa shape index (κ3) is 28.4. The zero-order valence-electron chi connectivity index (χ0n) is 59.8. The SMILES string of the molecule is CCC(C)C(C(CC(=O)N1CCCC1C(OC)C(C)C(=O)NC(C)C(O)c1ccccc1)OC)N(C)C(=O)C(NC(=O)C(C(C)C)N(C)C(=O)OCc1ccc(NC(=O)C(CCCNC(N)=O)NC(=O)C(NC(=O)CCOCCOCCOCCOCCN)C(C)C)cc1)C(C)C. The molecule has 3 rings (SSSR count). The molecule has 11 N–H and O–H groups in total. The summed E-state index contributed by atoms with van der Waals surface area (Å²) in [6.45, 7) is 21.6. The molecule has 28 nitrogen and oxygen atoms in total. The van der Waals surface area contributed by atoms with Crippen LogP contribution in [0.5, 0.6) is 0 Å². The molecule has 0 aliphatic carbocycles. The highest BCUT2D eigenvalue weighted by molar-refractivity contribution is 5.98. The van der Waals surface area contributed by atoms with E-state index in [0.717, 1.165) is 0 Å². The van der Waals surface area contributed by atoms with Crippen molar-refractivity contribution in [2.24, 2.45) is 41.1 Å². The first-order valence-corrected chi connectivity index (χ1v) is 34.0. The van der Waals surface area contributed by atoms with Crippen molar-refractivity contribution in [3.8, 4) is 0 Å². The fourth-order valence-corrected chi connectivity index (χ4v) is 11.7. The lowest BCUT2D eigenvalue weighted by atomic mass is 9.89. The molecule has 0 aromatic heterocycles. The van der Waals surface area contributed by atoms with Gasteiger partial charge in [0.2, 0.25) is 41.4 Å². The summed E-state index contributed by atoms with van der Waals surface area (Å²) in [5.41, 5.74) is 12.2. The number of primary amides is 1. The Labute approximate surface area is 574 Å². The van der Waals surface area contributed by atoms with Gasteiger partial charge in [-0.15, -0.1) is 0 Å². The number of benzene rings is 2. The number of urea groups is 1. The van der Waals surface area contributed by atoms with Gasteiger partial charge in [-0.1, -0.05) is 111 Å². The summed E-state index contributed by atoms with van der Waals surface area (Å²) in [4.78, 5) is 128. The molecule has 548 valence electrons. The van der Waals surface area contributed by atoms with Crippen LogP contribution in [0.15, 0.2) is 54.6 Å². The minimum atomic E-state index is -1.11. The average Bonchev–Trinajstić information content (AvgIpc) is 1.23. The number of ether oxygens (including phenoxy) is 7. The van der Waals surface area contributed by atoms with E-state index in [-0.39, 0.29) is 75.7 Å². The second-order valence-corrected chi connectivity index (χ2v) is 25.8. The highest BCUT2D eigenvalue weighted by Gasteiger charge is 2.44. The molecule has 0 saturated carbocycles. The number of anilines is 1. The molecular formula is C69H115N11O17. The van der Waals surface area contributed by atoms with Gasteiger partial charge >= 0.3 is 12.1 Å². The fourth-order valence-electron chi connectivity index (χ4n) is 11.7. The van der Waals surface area contributed by atoms with Gasteiger partial charge in [-0.25, -0.2) is 9.59 Å². The number of rotatable bonds is 46. The maximum atomic E-state index is 14.8. The Morgan fingerprint density at radius 1 is 0.680 bits per heavy atom. The number of hydrogen-bond acceptors (Lipinski definition) is 18. The van der Waals surface area contributed by atoms with E-state index in [4.69, 9.17) is 44.6 Å². The number of aliphatic hydroxyl groups is 1. The molecule has 1 fully saturated rings. The minimum Gasteiger partial charge on any atom is -0.445 e. The third-order valence-electron chi connectivity index (χ3n) is 17.4. The summed E-state index contributed by atoms with van der Waals surface area (Å²) < 4.78 is 39.4. The summed E-state index contributed by atoms with van der Waals surface area (Å²) >= 11 is 0. The van der Waals surface area contributed by atoms with Crippen LogP contribution in [0.1, 0.15) is 131 Å². The molecule has 12 atom stereocenters. The van der Waals surface area contributed by atoms with E-state index in [1.54, 1.807) is 109 Å². The molecule has 28 heteroatoms. The molecule has 97 heavy (non-hydrogen) atoms. The number of hydrogen-bond donors (Lipinski definition) is 9. The Bertz CT molecular complexity index is 2710. The van der Waals surface area contributed by atoms with Crippen molar-refractivity contribution in [2.75, 3.05) is 106 Å². The monoisotopic (exact) mass is 1370 g/mol. The van der Waals surface area contributed by atoms with E-state index in [2.05, 4.69) is 31.9 Å². The van der Waals surface area contributed by atoms with Gasteiger partial charge in [-0.3, -0.25) is 38.5 Å². The van der Waals surface area contributed by atoms with Crippen LogP contribution in [-0.2, 0) is 73.3 Å². The molecule has 0 bridgehead atoms. The van der Waals surface area contributed by atoms with E-state index in [0.29, 0.717) is 88.8 Å². The maximum absolute atomic E-state index is 14.8. The summed E-state index contributed by atoms with van der Waals surface area (Å²) in [5.74, 6) is -5.28. The van der Waals surface area contributed by atoms with Crippen molar-refractivity contribution >= 4 is 59.2 Å². The van der Waals surface area contributed by atoms with Crippen LogP contribution in [-0.4, -0.2) is 229 Å². The van der Waals surface area contributed by atoms with Crippen LogP contribution in [0.25, 0.3) is 0 Å². The van der Waals surface area contributed by atoms with E-state index >= 15 is 0 Å². The summed E-state index contributed by atoms with van der Waals surface area (Å²) in [7, 11) is 6.09. The number of aliphatic hydroxyl groups excluding tert-OH is 1. The van der Waals surface area contributed by atoms with Crippen LogP contribution in [0.3, 0.4) is 0 Å². The van der Waals surface area contributed by atoms with Crippen molar-refractivity contribution in [3.05, 3.63) is 65.7 Å². The van der Waals surface area contributed by atoms with Crippen LogP contribution < -0.4 is 43.4 Å². The molecule has 0 spiro atoms. The molecule has 2 aromatic carbocycles. The molecule has 1 saturated heterocycles. The lowest BCUT2D eigenvalue weighted by Crippen LogP contribution is -2.60. The Hall–Kier alpha value is -7.05. The lowest BCUT2D eigenvalue weighted by Gasteiger charge is -2.41. The predicted molar refractivity (Wildman–Crippen MR) is 366 cm³/mol. The molecule has 2 aromatic rings. The molecule has 10 amide bonds. The summed E-state index contributed by atoms with van der Waals surface area (Å²) in [5, 5.41) is 27.6. The molecule has 1 heterocycles. The molecular weight excluding hydrogens is 1250 g/mol. The largest absolute Gasteiger partial charge is 0.445 e. The van der Waals surface area contributed by atoms with E-state index < -0.39 is 120 Å². The average molecular weight is 1370 g/mol.